The van der Waals surface area contributed by atoms with E-state index in [1.165, 1.54) is 0 Å². The molecule has 1 fully saturated rings. The van der Waals surface area contributed by atoms with Crippen molar-refractivity contribution >= 4 is 5.97 Å². The first kappa shape index (κ1) is 7.84. The van der Waals surface area contributed by atoms with E-state index in [1.807, 2.05) is 6.08 Å². The third-order valence-corrected chi connectivity index (χ3v) is 3.52. The normalized spacial score (nSPS) is 36.7. The number of carboxylic acids is 1. The number of carbonyl (C=O) groups is 1. The molecule has 0 aromatic rings. The van der Waals surface area contributed by atoms with Crippen molar-refractivity contribution in [3.8, 4) is 0 Å². The zero-order chi connectivity index (χ0) is 8.93. The molecule has 0 aromatic heterocycles. The van der Waals surface area contributed by atoms with E-state index in [-0.39, 0.29) is 0 Å². The summed E-state index contributed by atoms with van der Waals surface area (Å²) in [6.07, 6.45) is 3.80. The number of rotatable bonds is 1. The van der Waals surface area contributed by atoms with Gasteiger partial charge in [0.05, 0.1) is 0 Å². The van der Waals surface area contributed by atoms with E-state index in [9.17, 15) is 4.79 Å². The predicted octanol–water partition coefficient (Wildman–Crippen LogP) is 2.06. The van der Waals surface area contributed by atoms with E-state index in [2.05, 4.69) is 13.8 Å². The van der Waals surface area contributed by atoms with Gasteiger partial charge in [0.15, 0.2) is 0 Å². The maximum Gasteiger partial charge on any atom is 0.331 e. The van der Waals surface area contributed by atoms with Crippen LogP contribution in [0.1, 0.15) is 26.7 Å². The minimum atomic E-state index is -0.726. The average Bonchev–Trinajstić information content (AvgIpc) is 2.55. The van der Waals surface area contributed by atoms with Gasteiger partial charge in [-0.05, 0) is 30.1 Å². The first-order chi connectivity index (χ1) is 5.53. The molecule has 2 heteroatoms. The second kappa shape index (κ2) is 2.12. The highest BCUT2D eigenvalue weighted by Crippen LogP contribution is 2.63. The lowest BCUT2D eigenvalue weighted by atomic mass is 10.00. The largest absolute Gasteiger partial charge is 0.478 e. The minimum absolute atomic E-state index is 0.372. The Morgan fingerprint density at radius 3 is 2.83 bits per heavy atom. The third-order valence-electron chi connectivity index (χ3n) is 3.52. The molecule has 0 spiro atoms. The van der Waals surface area contributed by atoms with Crippen molar-refractivity contribution in [3.63, 3.8) is 0 Å². The van der Waals surface area contributed by atoms with Crippen molar-refractivity contribution in [2.45, 2.75) is 26.7 Å². The fraction of sp³-hybridized carbons (Fsp3) is 0.700. The first-order valence-electron chi connectivity index (χ1n) is 4.47. The van der Waals surface area contributed by atoms with E-state index < -0.39 is 5.97 Å². The Morgan fingerprint density at radius 1 is 1.67 bits per heavy atom. The average molecular weight is 166 g/mol. The molecule has 1 N–H and O–H groups in total. The second-order valence-corrected chi connectivity index (χ2v) is 4.49. The Labute approximate surface area is 72.3 Å². The van der Waals surface area contributed by atoms with Gasteiger partial charge >= 0.3 is 5.97 Å². The number of hydrogen-bond acceptors (Lipinski definition) is 1. The molecule has 0 heterocycles. The van der Waals surface area contributed by atoms with E-state index in [0.717, 1.165) is 18.8 Å². The van der Waals surface area contributed by atoms with Gasteiger partial charge in [-0.25, -0.2) is 4.79 Å². The van der Waals surface area contributed by atoms with Gasteiger partial charge in [-0.2, -0.15) is 0 Å². The predicted molar refractivity (Wildman–Crippen MR) is 45.7 cm³/mol. The summed E-state index contributed by atoms with van der Waals surface area (Å²) >= 11 is 0. The van der Waals surface area contributed by atoms with Gasteiger partial charge in [0.25, 0.3) is 0 Å². The molecule has 1 saturated carbocycles. The highest BCUT2D eigenvalue weighted by molar-refractivity contribution is 5.87. The van der Waals surface area contributed by atoms with Crippen molar-refractivity contribution in [3.05, 3.63) is 11.6 Å². The zero-order valence-corrected chi connectivity index (χ0v) is 7.50. The molecule has 0 radical (unpaired) electrons. The highest BCUT2D eigenvalue weighted by atomic mass is 16.4. The summed E-state index contributed by atoms with van der Waals surface area (Å²) in [5.74, 6) is 0.564. The Morgan fingerprint density at radius 2 is 2.33 bits per heavy atom. The smallest absolute Gasteiger partial charge is 0.331 e. The number of carboxylic acid groups (broad SMARTS) is 1. The van der Waals surface area contributed by atoms with Crippen molar-refractivity contribution in [2.24, 2.45) is 17.3 Å². The van der Waals surface area contributed by atoms with Crippen LogP contribution in [-0.2, 0) is 4.79 Å². The van der Waals surface area contributed by atoms with Gasteiger partial charge in [-0.1, -0.05) is 19.9 Å². The summed E-state index contributed by atoms with van der Waals surface area (Å²) < 4.78 is 0. The summed E-state index contributed by atoms with van der Waals surface area (Å²) in [5.41, 5.74) is 0.999. The van der Waals surface area contributed by atoms with Gasteiger partial charge in [0.1, 0.15) is 0 Å². The molecule has 0 unspecified atom stereocenters. The van der Waals surface area contributed by atoms with Crippen LogP contribution in [0.15, 0.2) is 11.6 Å². The fourth-order valence-corrected chi connectivity index (χ4v) is 2.46. The Kier molecular flexibility index (Phi) is 1.39. The van der Waals surface area contributed by atoms with Gasteiger partial charge in [-0.3, -0.25) is 0 Å². The maximum atomic E-state index is 10.7. The van der Waals surface area contributed by atoms with Crippen LogP contribution in [0, 0.1) is 17.3 Å². The van der Waals surface area contributed by atoms with Crippen LogP contribution in [0.4, 0.5) is 0 Å². The quantitative estimate of drug-likeness (QED) is 0.647. The third kappa shape index (κ3) is 0.904. The van der Waals surface area contributed by atoms with E-state index in [4.69, 9.17) is 5.11 Å². The molecule has 2 atom stereocenters. The Bertz CT molecular complexity index is 263. The number of aliphatic carboxylic acids is 1. The Balaban J connectivity index is 2.19. The minimum Gasteiger partial charge on any atom is -0.478 e. The highest BCUT2D eigenvalue weighted by Gasteiger charge is 2.57. The van der Waals surface area contributed by atoms with Crippen molar-refractivity contribution in [1.82, 2.24) is 0 Å². The summed E-state index contributed by atoms with van der Waals surface area (Å²) in [7, 11) is 0. The van der Waals surface area contributed by atoms with Crippen LogP contribution in [-0.4, -0.2) is 11.1 Å². The lowest BCUT2D eigenvalue weighted by Gasteiger charge is -2.06. The summed E-state index contributed by atoms with van der Waals surface area (Å²) in [4.78, 5) is 10.7. The summed E-state index contributed by atoms with van der Waals surface area (Å²) in [5, 5.41) is 8.78. The number of allylic oxidation sites excluding steroid dienone is 1. The lowest BCUT2D eigenvalue weighted by Crippen LogP contribution is -2.04. The van der Waals surface area contributed by atoms with Gasteiger partial charge in [-0.15, -0.1) is 0 Å². The summed E-state index contributed by atoms with van der Waals surface area (Å²) in [6.45, 7) is 4.45. The van der Waals surface area contributed by atoms with Crippen LogP contribution in [0.5, 0.6) is 0 Å². The summed E-state index contributed by atoms with van der Waals surface area (Å²) in [6, 6.07) is 0. The van der Waals surface area contributed by atoms with Crippen LogP contribution < -0.4 is 0 Å². The van der Waals surface area contributed by atoms with E-state index >= 15 is 0 Å². The molecule has 0 aliphatic heterocycles. The SMILES string of the molecule is CC1(C)[C@@H]2CCC(C(=O)O)=C[C@@H]21. The van der Waals surface area contributed by atoms with Crippen molar-refractivity contribution < 1.29 is 9.90 Å². The molecule has 0 aromatic carbocycles. The molecule has 0 bridgehead atoms. The molecule has 0 saturated heterocycles. The topological polar surface area (TPSA) is 37.3 Å². The maximum absolute atomic E-state index is 10.7. The van der Waals surface area contributed by atoms with Crippen LogP contribution >= 0.6 is 0 Å². The monoisotopic (exact) mass is 166 g/mol. The van der Waals surface area contributed by atoms with Crippen molar-refractivity contribution in [1.29, 1.82) is 0 Å². The second-order valence-electron chi connectivity index (χ2n) is 4.49. The molecule has 2 aliphatic rings. The van der Waals surface area contributed by atoms with Crippen LogP contribution in [0.25, 0.3) is 0 Å². The molecular formula is C10H14O2. The van der Waals surface area contributed by atoms with E-state index in [1.54, 1.807) is 0 Å². The molecule has 12 heavy (non-hydrogen) atoms. The number of hydrogen-bond donors (Lipinski definition) is 1. The van der Waals surface area contributed by atoms with Crippen LogP contribution in [0.3, 0.4) is 0 Å². The van der Waals surface area contributed by atoms with Gasteiger partial charge in [0.2, 0.25) is 0 Å². The molecular weight excluding hydrogens is 152 g/mol. The van der Waals surface area contributed by atoms with Crippen LogP contribution in [0.2, 0.25) is 0 Å². The first-order valence-corrected chi connectivity index (χ1v) is 4.47. The molecule has 2 rings (SSSR count). The molecule has 66 valence electrons. The number of fused-ring (bicyclic) bond motifs is 1. The zero-order valence-electron chi connectivity index (χ0n) is 7.50. The molecule has 2 aliphatic carbocycles. The fourth-order valence-electron chi connectivity index (χ4n) is 2.46. The lowest BCUT2D eigenvalue weighted by molar-refractivity contribution is -0.132. The van der Waals surface area contributed by atoms with Gasteiger partial charge < -0.3 is 5.11 Å². The van der Waals surface area contributed by atoms with E-state index in [0.29, 0.717) is 16.9 Å². The molecule has 2 nitrogen and oxygen atoms in total. The standard InChI is InChI=1S/C10H14O2/c1-10(2)7-4-3-6(9(11)12)5-8(7)10/h5,7-8H,3-4H2,1-2H3,(H,11,12)/t7-,8+/m1/s1. The molecule has 0 amide bonds. The Hall–Kier alpha value is -0.790. The van der Waals surface area contributed by atoms with Crippen molar-refractivity contribution in [2.75, 3.05) is 0 Å². The van der Waals surface area contributed by atoms with Gasteiger partial charge in [0, 0.05) is 5.57 Å².